The standard InChI is InChI=1S/C18H35N5O2.HI/c1-4-19-17(20-14-16-8-6-7-11-22(16)5-2)21-15-9-12-23(13-10-15)18(24)25-3;/h15-16H,4-14H2,1-3H3,(H2,19,20,21);1H. The van der Waals surface area contributed by atoms with Gasteiger partial charge in [0, 0.05) is 31.7 Å². The second kappa shape index (κ2) is 12.6. The second-order valence-corrected chi connectivity index (χ2v) is 6.87. The average Bonchev–Trinajstić information content (AvgIpc) is 2.66. The third-order valence-corrected chi connectivity index (χ3v) is 5.23. The highest BCUT2D eigenvalue weighted by Gasteiger charge is 2.24. The van der Waals surface area contributed by atoms with Gasteiger partial charge in [0.2, 0.25) is 0 Å². The van der Waals surface area contributed by atoms with Crippen LogP contribution in [0.25, 0.3) is 0 Å². The van der Waals surface area contributed by atoms with Crippen LogP contribution in [-0.2, 0) is 4.74 Å². The van der Waals surface area contributed by atoms with Crippen LogP contribution in [-0.4, -0.2) is 80.3 Å². The molecule has 2 heterocycles. The zero-order valence-electron chi connectivity index (χ0n) is 16.5. The first kappa shape index (κ1) is 23.3. The SMILES string of the molecule is CCNC(=NCC1CCCCN1CC)NC1CCN(C(=O)OC)CC1.I. The smallest absolute Gasteiger partial charge is 0.409 e. The molecule has 2 aliphatic heterocycles. The average molecular weight is 481 g/mol. The molecule has 0 spiro atoms. The van der Waals surface area contributed by atoms with Crippen molar-refractivity contribution in [1.29, 1.82) is 0 Å². The van der Waals surface area contributed by atoms with E-state index >= 15 is 0 Å². The van der Waals surface area contributed by atoms with Gasteiger partial charge in [-0.15, -0.1) is 24.0 Å². The summed E-state index contributed by atoms with van der Waals surface area (Å²) >= 11 is 0. The van der Waals surface area contributed by atoms with Crippen LogP contribution in [0.3, 0.4) is 0 Å². The highest BCUT2D eigenvalue weighted by molar-refractivity contribution is 14.0. The Labute approximate surface area is 175 Å². The van der Waals surface area contributed by atoms with Crippen LogP contribution in [0.15, 0.2) is 4.99 Å². The van der Waals surface area contributed by atoms with Crippen molar-refractivity contribution in [2.75, 3.05) is 46.4 Å². The fraction of sp³-hybridized carbons (Fsp3) is 0.889. The lowest BCUT2D eigenvalue weighted by atomic mass is 10.0. The summed E-state index contributed by atoms with van der Waals surface area (Å²) in [6, 6.07) is 0.919. The molecular weight excluding hydrogens is 445 g/mol. The van der Waals surface area contributed by atoms with Gasteiger partial charge in [0.15, 0.2) is 5.96 Å². The number of carbonyl (C=O) groups excluding carboxylic acids is 1. The van der Waals surface area contributed by atoms with Gasteiger partial charge in [0.25, 0.3) is 0 Å². The molecule has 2 saturated heterocycles. The lowest BCUT2D eigenvalue weighted by Gasteiger charge is -2.34. The summed E-state index contributed by atoms with van der Waals surface area (Å²) in [7, 11) is 1.44. The maximum atomic E-state index is 11.6. The predicted octanol–water partition coefficient (Wildman–Crippen LogP) is 2.26. The number of hydrogen-bond acceptors (Lipinski definition) is 4. The number of ether oxygens (including phenoxy) is 1. The summed E-state index contributed by atoms with van der Waals surface area (Å²) in [4.78, 5) is 20.7. The van der Waals surface area contributed by atoms with Gasteiger partial charge in [0.05, 0.1) is 13.7 Å². The van der Waals surface area contributed by atoms with Crippen molar-refractivity contribution in [2.24, 2.45) is 4.99 Å². The number of methoxy groups -OCH3 is 1. The Bertz CT molecular complexity index is 441. The first-order valence-electron chi connectivity index (χ1n) is 9.79. The molecule has 2 N–H and O–H groups in total. The zero-order chi connectivity index (χ0) is 18.1. The van der Waals surface area contributed by atoms with Crippen LogP contribution >= 0.6 is 24.0 Å². The Balaban J connectivity index is 0.00000338. The minimum Gasteiger partial charge on any atom is -0.453 e. The highest BCUT2D eigenvalue weighted by Crippen LogP contribution is 2.17. The number of nitrogens with one attached hydrogen (secondary N) is 2. The third-order valence-electron chi connectivity index (χ3n) is 5.23. The summed E-state index contributed by atoms with van der Waals surface area (Å²) in [5.74, 6) is 0.903. The van der Waals surface area contributed by atoms with Crippen molar-refractivity contribution in [3.05, 3.63) is 0 Å². The van der Waals surface area contributed by atoms with E-state index in [0.717, 1.165) is 51.5 Å². The lowest BCUT2D eigenvalue weighted by Crippen LogP contribution is -2.50. The molecule has 0 saturated carbocycles. The van der Waals surface area contributed by atoms with Crippen LogP contribution in [0.1, 0.15) is 46.0 Å². The van der Waals surface area contributed by atoms with E-state index in [1.165, 1.54) is 32.9 Å². The first-order chi connectivity index (χ1) is 12.2. The van der Waals surface area contributed by atoms with Crippen LogP contribution in [0, 0.1) is 0 Å². The molecule has 2 fully saturated rings. The number of likely N-dealkylation sites (tertiary alicyclic amines) is 2. The number of amides is 1. The van der Waals surface area contributed by atoms with Gasteiger partial charge in [-0.05, 0) is 45.7 Å². The van der Waals surface area contributed by atoms with Crippen molar-refractivity contribution in [2.45, 2.75) is 58.0 Å². The topological polar surface area (TPSA) is 69.2 Å². The number of guanidine groups is 1. The fourth-order valence-electron chi connectivity index (χ4n) is 3.73. The largest absolute Gasteiger partial charge is 0.453 e. The van der Waals surface area contributed by atoms with E-state index in [0.29, 0.717) is 12.1 Å². The summed E-state index contributed by atoms with van der Waals surface area (Å²) in [5.41, 5.74) is 0. The molecule has 0 aliphatic carbocycles. The van der Waals surface area contributed by atoms with Crippen molar-refractivity contribution in [1.82, 2.24) is 20.4 Å². The van der Waals surface area contributed by atoms with Crippen molar-refractivity contribution in [3.8, 4) is 0 Å². The van der Waals surface area contributed by atoms with E-state index in [1.807, 2.05) is 0 Å². The molecule has 1 unspecified atom stereocenters. The zero-order valence-corrected chi connectivity index (χ0v) is 18.8. The molecular formula is C18H36IN5O2. The second-order valence-electron chi connectivity index (χ2n) is 6.87. The highest BCUT2D eigenvalue weighted by atomic mass is 127. The minimum atomic E-state index is -0.226. The summed E-state index contributed by atoms with van der Waals surface area (Å²) < 4.78 is 4.80. The number of likely N-dealkylation sites (N-methyl/N-ethyl adjacent to an activating group) is 1. The molecule has 8 heteroatoms. The number of aliphatic imine (C=N–C) groups is 1. The first-order valence-corrected chi connectivity index (χ1v) is 9.79. The predicted molar refractivity (Wildman–Crippen MR) is 116 cm³/mol. The van der Waals surface area contributed by atoms with Crippen LogP contribution < -0.4 is 10.6 Å². The van der Waals surface area contributed by atoms with E-state index in [9.17, 15) is 4.79 Å². The van der Waals surface area contributed by atoms with Gasteiger partial charge >= 0.3 is 6.09 Å². The number of halogens is 1. The Kier molecular flexibility index (Phi) is 11.3. The van der Waals surface area contributed by atoms with Gasteiger partial charge in [-0.3, -0.25) is 9.89 Å². The monoisotopic (exact) mass is 481 g/mol. The molecule has 26 heavy (non-hydrogen) atoms. The summed E-state index contributed by atoms with van der Waals surface area (Å²) in [6.07, 6.45) is 5.48. The summed E-state index contributed by atoms with van der Waals surface area (Å²) in [6.45, 7) is 9.81. The van der Waals surface area contributed by atoms with Gasteiger partial charge in [0.1, 0.15) is 0 Å². The Morgan fingerprint density at radius 3 is 2.50 bits per heavy atom. The number of nitrogens with zero attached hydrogens (tertiary/aromatic N) is 3. The van der Waals surface area contributed by atoms with Crippen molar-refractivity contribution >= 4 is 36.0 Å². The van der Waals surface area contributed by atoms with Gasteiger partial charge in [-0.1, -0.05) is 13.3 Å². The van der Waals surface area contributed by atoms with E-state index in [1.54, 1.807) is 4.90 Å². The lowest BCUT2D eigenvalue weighted by molar-refractivity contribution is 0.111. The van der Waals surface area contributed by atoms with Crippen LogP contribution in [0.2, 0.25) is 0 Å². The van der Waals surface area contributed by atoms with Crippen LogP contribution in [0.5, 0.6) is 0 Å². The van der Waals surface area contributed by atoms with E-state index in [-0.39, 0.29) is 30.1 Å². The van der Waals surface area contributed by atoms with Crippen LogP contribution in [0.4, 0.5) is 4.79 Å². The molecule has 0 aromatic heterocycles. The molecule has 152 valence electrons. The quantitative estimate of drug-likeness (QED) is 0.358. The fourth-order valence-corrected chi connectivity index (χ4v) is 3.73. The van der Waals surface area contributed by atoms with Crippen molar-refractivity contribution in [3.63, 3.8) is 0 Å². The van der Waals surface area contributed by atoms with E-state index in [2.05, 4.69) is 29.4 Å². The normalized spacial score (nSPS) is 22.5. The molecule has 0 aromatic carbocycles. The molecule has 7 nitrogen and oxygen atoms in total. The molecule has 2 rings (SSSR count). The molecule has 0 aromatic rings. The van der Waals surface area contributed by atoms with E-state index in [4.69, 9.17) is 9.73 Å². The van der Waals surface area contributed by atoms with Gasteiger partial charge in [-0.25, -0.2) is 4.79 Å². The summed E-state index contributed by atoms with van der Waals surface area (Å²) in [5, 5.41) is 6.91. The Morgan fingerprint density at radius 1 is 1.15 bits per heavy atom. The number of piperidine rings is 2. The van der Waals surface area contributed by atoms with Gasteiger partial charge in [-0.2, -0.15) is 0 Å². The molecule has 2 aliphatic rings. The van der Waals surface area contributed by atoms with Gasteiger partial charge < -0.3 is 20.3 Å². The molecule has 1 atom stereocenters. The number of rotatable bonds is 5. The van der Waals surface area contributed by atoms with E-state index < -0.39 is 0 Å². The maximum Gasteiger partial charge on any atom is 0.409 e. The molecule has 0 bridgehead atoms. The Morgan fingerprint density at radius 2 is 1.88 bits per heavy atom. The number of carbonyl (C=O) groups is 1. The Hall–Kier alpha value is -0.770. The number of hydrogen-bond donors (Lipinski definition) is 2. The maximum absolute atomic E-state index is 11.6. The minimum absolute atomic E-state index is 0. The van der Waals surface area contributed by atoms with Crippen molar-refractivity contribution < 1.29 is 9.53 Å². The molecule has 0 radical (unpaired) electrons. The molecule has 1 amide bonds. The third kappa shape index (κ3) is 7.09.